The van der Waals surface area contributed by atoms with Gasteiger partial charge in [-0.3, -0.25) is 0 Å². The maximum atomic E-state index is 8.66. The van der Waals surface area contributed by atoms with Crippen LogP contribution in [-0.4, -0.2) is 17.6 Å². The lowest BCUT2D eigenvalue weighted by Crippen LogP contribution is -2.34. The summed E-state index contributed by atoms with van der Waals surface area (Å²) in [6, 6.07) is 7.39. The van der Waals surface area contributed by atoms with E-state index in [2.05, 4.69) is 24.1 Å². The summed E-state index contributed by atoms with van der Waals surface area (Å²) in [6.07, 6.45) is 0. The molecular weight excluding hydrogens is 188 g/mol. The Morgan fingerprint density at radius 3 is 2.87 bits per heavy atom. The molecule has 80 valence electrons. The van der Waals surface area contributed by atoms with Crippen LogP contribution >= 0.6 is 0 Å². The summed E-state index contributed by atoms with van der Waals surface area (Å²) < 4.78 is 0. The lowest BCUT2D eigenvalue weighted by Gasteiger charge is -2.16. The van der Waals surface area contributed by atoms with Gasteiger partial charge in [0.1, 0.15) is 17.6 Å². The Balaban J connectivity index is 2.55. The Labute approximate surface area is 90.1 Å². The molecule has 0 aromatic carbocycles. The van der Waals surface area contributed by atoms with E-state index in [1.54, 1.807) is 12.1 Å². The summed E-state index contributed by atoms with van der Waals surface area (Å²) in [4.78, 5) is 4.09. The molecule has 0 aliphatic rings. The van der Waals surface area contributed by atoms with Crippen LogP contribution in [0.25, 0.3) is 0 Å². The van der Waals surface area contributed by atoms with Crippen LogP contribution in [0, 0.1) is 17.2 Å². The van der Waals surface area contributed by atoms with Gasteiger partial charge in [-0.25, -0.2) is 4.98 Å². The number of hydrogen-bond acceptors (Lipinski definition) is 4. The van der Waals surface area contributed by atoms with Gasteiger partial charge < -0.3 is 11.1 Å². The molecule has 0 radical (unpaired) electrons. The van der Waals surface area contributed by atoms with Crippen molar-refractivity contribution in [1.29, 1.82) is 5.26 Å². The number of rotatable bonds is 4. The highest BCUT2D eigenvalue weighted by atomic mass is 15.0. The van der Waals surface area contributed by atoms with Gasteiger partial charge in [0.05, 0.1) is 0 Å². The number of pyridine rings is 1. The first-order chi connectivity index (χ1) is 7.13. The third-order valence-electron chi connectivity index (χ3n) is 2.24. The predicted octanol–water partition coefficient (Wildman–Crippen LogP) is 1.35. The maximum Gasteiger partial charge on any atom is 0.142 e. The van der Waals surface area contributed by atoms with E-state index in [1.165, 1.54) is 0 Å². The van der Waals surface area contributed by atoms with Crippen molar-refractivity contribution in [2.24, 2.45) is 11.7 Å². The summed E-state index contributed by atoms with van der Waals surface area (Å²) >= 11 is 0. The van der Waals surface area contributed by atoms with Gasteiger partial charge in [0, 0.05) is 12.6 Å². The molecule has 1 aromatic heterocycles. The number of nitriles is 1. The maximum absolute atomic E-state index is 8.66. The van der Waals surface area contributed by atoms with E-state index in [0.29, 0.717) is 24.0 Å². The van der Waals surface area contributed by atoms with Crippen molar-refractivity contribution in [1.82, 2.24) is 4.98 Å². The smallest absolute Gasteiger partial charge is 0.142 e. The molecule has 4 heteroatoms. The minimum atomic E-state index is 0.0949. The van der Waals surface area contributed by atoms with Crippen molar-refractivity contribution < 1.29 is 0 Å². The largest absolute Gasteiger partial charge is 0.368 e. The van der Waals surface area contributed by atoms with Crippen LogP contribution in [0.4, 0.5) is 5.82 Å². The molecule has 0 amide bonds. The van der Waals surface area contributed by atoms with Crippen molar-refractivity contribution >= 4 is 5.82 Å². The van der Waals surface area contributed by atoms with E-state index in [4.69, 9.17) is 11.0 Å². The fourth-order valence-corrected chi connectivity index (χ4v) is 1.05. The average molecular weight is 204 g/mol. The molecule has 1 rings (SSSR count). The van der Waals surface area contributed by atoms with Crippen LogP contribution in [0.3, 0.4) is 0 Å². The van der Waals surface area contributed by atoms with Crippen LogP contribution in [0.1, 0.15) is 19.5 Å². The fourth-order valence-electron chi connectivity index (χ4n) is 1.05. The Bertz CT molecular complexity index is 354. The number of aromatic nitrogens is 1. The van der Waals surface area contributed by atoms with E-state index < -0.39 is 0 Å². The summed E-state index contributed by atoms with van der Waals surface area (Å²) in [6.45, 7) is 4.82. The molecule has 1 aromatic rings. The first-order valence-electron chi connectivity index (χ1n) is 5.00. The molecule has 0 saturated carbocycles. The molecule has 3 N–H and O–H groups in total. The standard InChI is InChI=1S/C11H16N4/c1-8(2)10(13)7-14-11-5-3-4-9(6-12)15-11/h3-5,8,10H,7,13H2,1-2H3,(H,14,15). The molecule has 1 heterocycles. The van der Waals surface area contributed by atoms with Crippen molar-refractivity contribution in [3.8, 4) is 6.07 Å². The van der Waals surface area contributed by atoms with Gasteiger partial charge in [0.2, 0.25) is 0 Å². The molecule has 4 nitrogen and oxygen atoms in total. The highest BCUT2D eigenvalue weighted by molar-refractivity contribution is 5.38. The summed E-state index contributed by atoms with van der Waals surface area (Å²) in [5.74, 6) is 1.13. The summed E-state index contributed by atoms with van der Waals surface area (Å²) in [7, 11) is 0. The van der Waals surface area contributed by atoms with E-state index in [-0.39, 0.29) is 6.04 Å². The molecule has 15 heavy (non-hydrogen) atoms. The Kier molecular flexibility index (Phi) is 4.07. The topological polar surface area (TPSA) is 74.7 Å². The van der Waals surface area contributed by atoms with Gasteiger partial charge in [-0.2, -0.15) is 5.26 Å². The molecular formula is C11H16N4. The van der Waals surface area contributed by atoms with Crippen LogP contribution in [0.15, 0.2) is 18.2 Å². The van der Waals surface area contributed by atoms with Crippen LogP contribution in [0.2, 0.25) is 0 Å². The van der Waals surface area contributed by atoms with Crippen LogP contribution < -0.4 is 11.1 Å². The quantitative estimate of drug-likeness (QED) is 0.776. The monoisotopic (exact) mass is 204 g/mol. The number of nitrogens with one attached hydrogen (secondary N) is 1. The number of nitrogens with zero attached hydrogens (tertiary/aromatic N) is 2. The van der Waals surface area contributed by atoms with Crippen molar-refractivity contribution in [2.45, 2.75) is 19.9 Å². The predicted molar refractivity (Wildman–Crippen MR) is 60.3 cm³/mol. The third-order valence-corrected chi connectivity index (χ3v) is 2.24. The molecule has 1 unspecified atom stereocenters. The normalized spacial score (nSPS) is 12.2. The molecule has 0 aliphatic heterocycles. The van der Waals surface area contributed by atoms with E-state index >= 15 is 0 Å². The zero-order chi connectivity index (χ0) is 11.3. The molecule has 1 atom stereocenters. The van der Waals surface area contributed by atoms with Crippen molar-refractivity contribution in [3.05, 3.63) is 23.9 Å². The first kappa shape index (κ1) is 11.5. The summed E-state index contributed by atoms with van der Waals surface area (Å²) in [5.41, 5.74) is 6.29. The van der Waals surface area contributed by atoms with Crippen molar-refractivity contribution in [3.63, 3.8) is 0 Å². The van der Waals surface area contributed by atoms with E-state index in [9.17, 15) is 0 Å². The molecule has 0 saturated heterocycles. The SMILES string of the molecule is CC(C)C(N)CNc1cccc(C#N)n1. The minimum absolute atomic E-state index is 0.0949. The van der Waals surface area contributed by atoms with Crippen LogP contribution in [0.5, 0.6) is 0 Å². The lowest BCUT2D eigenvalue weighted by molar-refractivity contribution is 0.511. The minimum Gasteiger partial charge on any atom is -0.368 e. The molecule has 0 bridgehead atoms. The van der Waals surface area contributed by atoms with Crippen molar-refractivity contribution in [2.75, 3.05) is 11.9 Å². The highest BCUT2D eigenvalue weighted by Crippen LogP contribution is 2.05. The van der Waals surface area contributed by atoms with Gasteiger partial charge in [-0.1, -0.05) is 19.9 Å². The van der Waals surface area contributed by atoms with E-state index in [1.807, 2.05) is 12.1 Å². The zero-order valence-corrected chi connectivity index (χ0v) is 9.07. The van der Waals surface area contributed by atoms with E-state index in [0.717, 1.165) is 0 Å². The van der Waals surface area contributed by atoms with Crippen LogP contribution in [-0.2, 0) is 0 Å². The van der Waals surface area contributed by atoms with Gasteiger partial charge >= 0.3 is 0 Å². The van der Waals surface area contributed by atoms with Gasteiger partial charge in [-0.15, -0.1) is 0 Å². The van der Waals surface area contributed by atoms with Gasteiger partial charge in [0.25, 0.3) is 0 Å². The van der Waals surface area contributed by atoms with Gasteiger partial charge in [0.15, 0.2) is 0 Å². The number of hydrogen-bond donors (Lipinski definition) is 2. The lowest BCUT2D eigenvalue weighted by atomic mass is 10.1. The number of nitrogens with two attached hydrogens (primary N) is 1. The second-order valence-electron chi connectivity index (χ2n) is 3.81. The molecule has 0 fully saturated rings. The highest BCUT2D eigenvalue weighted by Gasteiger charge is 2.07. The average Bonchev–Trinajstić information content (AvgIpc) is 2.26. The fraction of sp³-hybridized carbons (Fsp3) is 0.455. The first-order valence-corrected chi connectivity index (χ1v) is 5.00. The summed E-state index contributed by atoms with van der Waals surface area (Å²) in [5, 5.41) is 11.8. The van der Waals surface area contributed by atoms with Gasteiger partial charge in [-0.05, 0) is 18.1 Å². The second kappa shape index (κ2) is 5.32. The Morgan fingerprint density at radius 1 is 1.53 bits per heavy atom. The second-order valence-corrected chi connectivity index (χ2v) is 3.81. The Morgan fingerprint density at radius 2 is 2.27 bits per heavy atom. The Hall–Kier alpha value is -1.60. The molecule has 0 aliphatic carbocycles. The molecule has 0 spiro atoms. The third kappa shape index (κ3) is 3.56. The number of anilines is 1. The zero-order valence-electron chi connectivity index (χ0n) is 9.07.